The number of amides is 1. The maximum absolute atomic E-state index is 12.1. The van der Waals surface area contributed by atoms with Crippen LogP contribution in [0, 0.1) is 3.57 Å². The molecule has 0 saturated carbocycles. The number of benzene rings is 2. The van der Waals surface area contributed by atoms with Gasteiger partial charge in [-0.3, -0.25) is 4.79 Å². The average Bonchev–Trinajstić information content (AvgIpc) is 2.50. The molecule has 114 valence electrons. The van der Waals surface area contributed by atoms with Gasteiger partial charge in [0.05, 0.1) is 5.56 Å². The van der Waals surface area contributed by atoms with Crippen molar-refractivity contribution in [2.75, 3.05) is 11.1 Å². The maximum atomic E-state index is 12.1. The van der Waals surface area contributed by atoms with E-state index in [2.05, 4.69) is 27.9 Å². The highest BCUT2D eigenvalue weighted by Gasteiger charge is 2.20. The summed E-state index contributed by atoms with van der Waals surface area (Å²) in [5.74, 6) is -1.02. The van der Waals surface area contributed by atoms with Gasteiger partial charge < -0.3 is 15.8 Å². The summed E-state index contributed by atoms with van der Waals surface area (Å²) in [6.07, 6.45) is -0.926. The summed E-state index contributed by atoms with van der Waals surface area (Å²) in [5, 5.41) is 2.68. The molecule has 2 aromatic rings. The van der Waals surface area contributed by atoms with E-state index < -0.39 is 18.0 Å². The lowest BCUT2D eigenvalue weighted by molar-refractivity contribution is -0.123. The van der Waals surface area contributed by atoms with Gasteiger partial charge in [0.2, 0.25) is 0 Å². The molecule has 2 rings (SSSR count). The van der Waals surface area contributed by atoms with Gasteiger partial charge in [-0.15, -0.1) is 0 Å². The monoisotopic (exact) mass is 410 g/mol. The van der Waals surface area contributed by atoms with Crippen molar-refractivity contribution < 1.29 is 14.3 Å². The van der Waals surface area contributed by atoms with Crippen LogP contribution in [0.4, 0.5) is 11.4 Å². The molecule has 1 atom stereocenters. The molecule has 2 aromatic carbocycles. The molecule has 22 heavy (non-hydrogen) atoms. The molecule has 0 aliphatic heterocycles. The van der Waals surface area contributed by atoms with Crippen molar-refractivity contribution in [3.63, 3.8) is 0 Å². The first kappa shape index (κ1) is 16.3. The van der Waals surface area contributed by atoms with E-state index in [1.165, 1.54) is 6.92 Å². The van der Waals surface area contributed by atoms with Crippen LogP contribution in [0.1, 0.15) is 17.3 Å². The molecule has 0 fully saturated rings. The molecule has 1 amide bonds. The van der Waals surface area contributed by atoms with Crippen LogP contribution in [-0.4, -0.2) is 18.0 Å². The smallest absolute Gasteiger partial charge is 0.341 e. The number of nitrogens with one attached hydrogen (secondary N) is 1. The fourth-order valence-corrected chi connectivity index (χ4v) is 2.24. The summed E-state index contributed by atoms with van der Waals surface area (Å²) in [6, 6.07) is 14.0. The third kappa shape index (κ3) is 4.20. The highest BCUT2D eigenvalue weighted by Crippen LogP contribution is 2.17. The second-order valence-electron chi connectivity index (χ2n) is 4.63. The predicted molar refractivity (Wildman–Crippen MR) is 93.5 cm³/mol. The Balaban J connectivity index is 2.01. The zero-order valence-corrected chi connectivity index (χ0v) is 14.0. The topological polar surface area (TPSA) is 81.4 Å². The number of hydrogen-bond donors (Lipinski definition) is 2. The number of rotatable bonds is 4. The van der Waals surface area contributed by atoms with Crippen molar-refractivity contribution in [1.29, 1.82) is 0 Å². The van der Waals surface area contributed by atoms with E-state index in [4.69, 9.17) is 10.5 Å². The van der Waals surface area contributed by atoms with Crippen molar-refractivity contribution in [1.82, 2.24) is 0 Å². The van der Waals surface area contributed by atoms with Crippen LogP contribution in [-0.2, 0) is 9.53 Å². The Bertz CT molecular complexity index is 689. The number of carbonyl (C=O) groups is 2. The number of halogens is 1. The lowest BCUT2D eigenvalue weighted by atomic mass is 10.2. The molecular weight excluding hydrogens is 395 g/mol. The number of esters is 1. The Hall–Kier alpha value is -2.09. The number of nitrogens with two attached hydrogens (primary N) is 1. The Kier molecular flexibility index (Phi) is 5.37. The summed E-state index contributed by atoms with van der Waals surface area (Å²) < 4.78 is 6.03. The Labute approximate surface area is 142 Å². The second kappa shape index (κ2) is 7.26. The molecule has 3 N–H and O–H groups in total. The van der Waals surface area contributed by atoms with Crippen molar-refractivity contribution in [3.05, 3.63) is 57.7 Å². The molecule has 0 spiro atoms. The van der Waals surface area contributed by atoms with Crippen LogP contribution < -0.4 is 11.1 Å². The first-order valence-corrected chi connectivity index (χ1v) is 7.67. The van der Waals surface area contributed by atoms with E-state index in [0.29, 0.717) is 11.4 Å². The van der Waals surface area contributed by atoms with Crippen molar-refractivity contribution in [3.8, 4) is 0 Å². The first-order chi connectivity index (χ1) is 10.5. The minimum atomic E-state index is -0.926. The molecule has 0 aliphatic rings. The summed E-state index contributed by atoms with van der Waals surface area (Å²) in [6.45, 7) is 1.51. The van der Waals surface area contributed by atoms with Crippen LogP contribution in [0.5, 0.6) is 0 Å². The second-order valence-corrected chi connectivity index (χ2v) is 5.88. The van der Waals surface area contributed by atoms with Gasteiger partial charge >= 0.3 is 5.97 Å². The van der Waals surface area contributed by atoms with Crippen molar-refractivity contribution >= 4 is 45.8 Å². The van der Waals surface area contributed by atoms with Gasteiger partial charge in [0.15, 0.2) is 6.10 Å². The number of anilines is 2. The summed E-state index contributed by atoms with van der Waals surface area (Å²) in [7, 11) is 0. The number of ether oxygens (including phenoxy) is 1. The number of nitrogen functional groups attached to an aromatic ring is 1. The Morgan fingerprint density at radius 1 is 1.18 bits per heavy atom. The molecule has 0 aliphatic carbocycles. The van der Waals surface area contributed by atoms with Gasteiger partial charge in [-0.2, -0.15) is 0 Å². The van der Waals surface area contributed by atoms with E-state index in [-0.39, 0.29) is 5.56 Å². The van der Waals surface area contributed by atoms with Crippen molar-refractivity contribution in [2.24, 2.45) is 0 Å². The molecule has 0 heterocycles. The molecule has 0 aromatic heterocycles. The largest absolute Gasteiger partial charge is 0.449 e. The molecule has 0 unspecified atom stereocenters. The van der Waals surface area contributed by atoms with Gasteiger partial charge in [-0.1, -0.05) is 18.2 Å². The maximum Gasteiger partial charge on any atom is 0.341 e. The highest BCUT2D eigenvalue weighted by molar-refractivity contribution is 14.1. The lowest BCUT2D eigenvalue weighted by Crippen LogP contribution is -2.30. The van der Waals surface area contributed by atoms with E-state index in [1.807, 2.05) is 6.07 Å². The van der Waals surface area contributed by atoms with Crippen LogP contribution in [0.25, 0.3) is 0 Å². The van der Waals surface area contributed by atoms with E-state index in [9.17, 15) is 9.59 Å². The van der Waals surface area contributed by atoms with Gasteiger partial charge in [-0.05, 0) is 59.8 Å². The van der Waals surface area contributed by atoms with Crippen LogP contribution in [0.15, 0.2) is 48.5 Å². The third-order valence-electron chi connectivity index (χ3n) is 2.93. The summed E-state index contributed by atoms with van der Waals surface area (Å²) >= 11 is 2.07. The van der Waals surface area contributed by atoms with E-state index >= 15 is 0 Å². The predicted octanol–water partition coefficient (Wildman–Crippen LogP) is 3.06. The Morgan fingerprint density at radius 3 is 2.55 bits per heavy atom. The van der Waals surface area contributed by atoms with Gasteiger partial charge in [0.25, 0.3) is 5.91 Å². The zero-order chi connectivity index (χ0) is 16.1. The SMILES string of the molecule is C[C@@H](OC(=O)c1cc(I)ccc1N)C(=O)Nc1ccccc1. The zero-order valence-electron chi connectivity index (χ0n) is 11.9. The van der Waals surface area contributed by atoms with E-state index in [1.54, 1.807) is 42.5 Å². The average molecular weight is 410 g/mol. The first-order valence-electron chi connectivity index (χ1n) is 6.59. The highest BCUT2D eigenvalue weighted by atomic mass is 127. The molecular formula is C16H15IN2O3. The fraction of sp³-hybridized carbons (Fsp3) is 0.125. The van der Waals surface area contributed by atoms with Gasteiger partial charge in [0, 0.05) is 14.9 Å². The normalized spacial score (nSPS) is 11.5. The number of para-hydroxylation sites is 1. The summed E-state index contributed by atoms with van der Waals surface area (Å²) in [5.41, 5.74) is 6.98. The van der Waals surface area contributed by atoms with Crippen LogP contribution >= 0.6 is 22.6 Å². The Morgan fingerprint density at radius 2 is 1.86 bits per heavy atom. The quantitative estimate of drug-likeness (QED) is 0.461. The minimum Gasteiger partial charge on any atom is -0.449 e. The molecule has 5 nitrogen and oxygen atoms in total. The third-order valence-corrected chi connectivity index (χ3v) is 3.60. The molecule has 0 saturated heterocycles. The number of carbonyl (C=O) groups excluding carboxylic acids is 2. The van der Waals surface area contributed by atoms with Crippen molar-refractivity contribution in [2.45, 2.75) is 13.0 Å². The van der Waals surface area contributed by atoms with Crippen LogP contribution in [0.3, 0.4) is 0 Å². The molecule has 0 bridgehead atoms. The molecule has 0 radical (unpaired) electrons. The standard InChI is InChI=1S/C16H15IN2O3/c1-10(15(20)19-12-5-3-2-4-6-12)22-16(21)13-9-11(17)7-8-14(13)18/h2-10H,18H2,1H3,(H,19,20)/t10-/m1/s1. The number of hydrogen-bond acceptors (Lipinski definition) is 4. The lowest BCUT2D eigenvalue weighted by Gasteiger charge is -2.14. The van der Waals surface area contributed by atoms with Crippen LogP contribution in [0.2, 0.25) is 0 Å². The molecule has 6 heteroatoms. The van der Waals surface area contributed by atoms with Gasteiger partial charge in [0.1, 0.15) is 0 Å². The summed E-state index contributed by atoms with van der Waals surface area (Å²) in [4.78, 5) is 24.1. The van der Waals surface area contributed by atoms with E-state index in [0.717, 1.165) is 3.57 Å². The minimum absolute atomic E-state index is 0.256. The van der Waals surface area contributed by atoms with Gasteiger partial charge in [-0.25, -0.2) is 4.79 Å². The fourth-order valence-electron chi connectivity index (χ4n) is 1.75.